The van der Waals surface area contributed by atoms with E-state index < -0.39 is 28.1 Å². The number of hydrogen-bond donors (Lipinski definition) is 1. The molecule has 192 valence electrons. The number of alkyl halides is 3. The van der Waals surface area contributed by atoms with Gasteiger partial charge in [0.05, 0.1) is 18.2 Å². The zero-order valence-electron chi connectivity index (χ0n) is 19.1. The molecule has 0 spiro atoms. The number of nitrogens with zero attached hydrogens (tertiary/aromatic N) is 3. The molecule has 1 amide bonds. The van der Waals surface area contributed by atoms with Gasteiger partial charge in [0.15, 0.2) is 0 Å². The van der Waals surface area contributed by atoms with E-state index in [1.165, 1.54) is 15.6 Å². The first kappa shape index (κ1) is 27.0. The topological polar surface area (TPSA) is 98.2 Å². The molecule has 1 aromatic carbocycles. The number of para-hydroxylation sites is 1. The monoisotopic (exact) mass is 533 g/mol. The predicted octanol–water partition coefficient (Wildman–Crippen LogP) is 3.23. The fourth-order valence-electron chi connectivity index (χ4n) is 4.14. The Kier molecular flexibility index (Phi) is 8.12. The number of carboxylic acid groups (broad SMARTS) is 1. The molecule has 0 bridgehead atoms. The van der Waals surface area contributed by atoms with Crippen molar-refractivity contribution in [2.75, 3.05) is 38.0 Å². The van der Waals surface area contributed by atoms with Crippen molar-refractivity contribution in [3.05, 3.63) is 47.3 Å². The summed E-state index contributed by atoms with van der Waals surface area (Å²) in [4.78, 5) is 26.4. The predicted molar refractivity (Wildman–Crippen MR) is 125 cm³/mol. The van der Waals surface area contributed by atoms with Crippen molar-refractivity contribution < 1.29 is 36.3 Å². The van der Waals surface area contributed by atoms with Crippen molar-refractivity contribution in [3.63, 3.8) is 0 Å². The molecule has 8 nitrogen and oxygen atoms in total. The molecule has 35 heavy (non-hydrogen) atoms. The number of benzene rings is 1. The van der Waals surface area contributed by atoms with Gasteiger partial charge in [-0.05, 0) is 56.1 Å². The minimum atomic E-state index is -5.08. The third-order valence-electron chi connectivity index (χ3n) is 6.09. The summed E-state index contributed by atoms with van der Waals surface area (Å²) in [6.07, 6.45) is -3.19. The lowest BCUT2D eigenvalue weighted by atomic mass is 9.97. The fourth-order valence-corrected chi connectivity index (χ4v) is 6.75. The number of aliphatic carboxylic acids is 1. The molecule has 1 unspecified atom stereocenters. The average molecular weight is 534 g/mol. The largest absolute Gasteiger partial charge is 0.490 e. The Bertz CT molecular complexity index is 1150. The molecule has 2 aliphatic heterocycles. The molecule has 1 N–H and O–H groups in total. The van der Waals surface area contributed by atoms with Gasteiger partial charge in [-0.3, -0.25) is 9.10 Å². The van der Waals surface area contributed by atoms with Crippen LogP contribution in [0.1, 0.15) is 24.3 Å². The summed E-state index contributed by atoms with van der Waals surface area (Å²) in [5.74, 6) is -3.21. The van der Waals surface area contributed by atoms with Crippen LogP contribution in [0.25, 0.3) is 0 Å². The first-order valence-electron chi connectivity index (χ1n) is 10.7. The highest BCUT2D eigenvalue weighted by molar-refractivity contribution is 7.94. The van der Waals surface area contributed by atoms with E-state index in [0.717, 1.165) is 31.5 Å². The minimum absolute atomic E-state index is 0.00545. The Morgan fingerprint density at radius 2 is 1.71 bits per heavy atom. The summed E-state index contributed by atoms with van der Waals surface area (Å²) in [6, 6.07) is 10.9. The van der Waals surface area contributed by atoms with Gasteiger partial charge in [-0.25, -0.2) is 13.2 Å². The number of rotatable bonds is 4. The second-order valence-electron chi connectivity index (χ2n) is 8.37. The lowest BCUT2D eigenvalue weighted by Gasteiger charge is -2.36. The number of amides is 1. The molecule has 0 saturated carbocycles. The van der Waals surface area contributed by atoms with Gasteiger partial charge in [0.2, 0.25) is 5.91 Å². The van der Waals surface area contributed by atoms with E-state index in [9.17, 15) is 26.4 Å². The highest BCUT2D eigenvalue weighted by Crippen LogP contribution is 2.41. The van der Waals surface area contributed by atoms with Gasteiger partial charge in [-0.15, -0.1) is 11.3 Å². The van der Waals surface area contributed by atoms with E-state index in [-0.39, 0.29) is 18.5 Å². The highest BCUT2D eigenvalue weighted by Gasteiger charge is 2.42. The number of carbonyl (C=O) groups excluding carboxylic acids is 1. The number of carboxylic acids is 1. The van der Waals surface area contributed by atoms with Crippen LogP contribution in [0.3, 0.4) is 0 Å². The van der Waals surface area contributed by atoms with Crippen molar-refractivity contribution >= 4 is 38.9 Å². The summed E-state index contributed by atoms with van der Waals surface area (Å²) >= 11 is 1.20. The van der Waals surface area contributed by atoms with Gasteiger partial charge in [0.25, 0.3) is 10.0 Å². The molecule has 2 aliphatic rings. The molecule has 3 heterocycles. The van der Waals surface area contributed by atoms with Crippen LogP contribution in [-0.4, -0.2) is 81.1 Å². The van der Waals surface area contributed by atoms with E-state index in [4.69, 9.17) is 9.90 Å². The van der Waals surface area contributed by atoms with Crippen molar-refractivity contribution in [2.45, 2.75) is 35.2 Å². The average Bonchev–Trinajstić information content (AvgIpc) is 3.48. The highest BCUT2D eigenvalue weighted by atomic mass is 32.2. The Labute approximate surface area is 205 Å². The van der Waals surface area contributed by atoms with Gasteiger partial charge in [0, 0.05) is 13.1 Å². The zero-order chi connectivity index (χ0) is 26.0. The molecular formula is C22H26F3N3O5S2. The number of thiophene rings is 1. The molecule has 13 heteroatoms. The van der Waals surface area contributed by atoms with Crippen LogP contribution >= 0.6 is 11.3 Å². The van der Waals surface area contributed by atoms with E-state index in [2.05, 4.69) is 11.9 Å². The van der Waals surface area contributed by atoms with E-state index in [1.54, 1.807) is 23.6 Å². The van der Waals surface area contributed by atoms with Crippen molar-refractivity contribution in [1.82, 2.24) is 9.80 Å². The lowest BCUT2D eigenvalue weighted by Crippen LogP contribution is -2.46. The quantitative estimate of drug-likeness (QED) is 0.648. The lowest BCUT2D eigenvalue weighted by molar-refractivity contribution is -0.192. The van der Waals surface area contributed by atoms with Crippen LogP contribution in [0, 0.1) is 0 Å². The van der Waals surface area contributed by atoms with Crippen LogP contribution in [0.15, 0.2) is 46.0 Å². The van der Waals surface area contributed by atoms with Crippen LogP contribution in [-0.2, 0) is 19.6 Å². The molecule has 1 fully saturated rings. The van der Waals surface area contributed by atoms with Gasteiger partial charge in [-0.1, -0.05) is 24.3 Å². The van der Waals surface area contributed by atoms with Gasteiger partial charge in [-0.2, -0.15) is 13.2 Å². The molecule has 1 atom stereocenters. The number of sulfonamides is 1. The molecule has 0 aliphatic carbocycles. The summed E-state index contributed by atoms with van der Waals surface area (Å²) in [5.41, 5.74) is 1.42. The van der Waals surface area contributed by atoms with Gasteiger partial charge in [0.1, 0.15) is 4.21 Å². The number of piperidine rings is 1. The maximum absolute atomic E-state index is 13.3. The number of hydrogen-bond acceptors (Lipinski definition) is 6. The maximum atomic E-state index is 13.3. The standard InChI is InChI=1S/C20H25N3O3S2.C2HF3O2/c1-21-11-9-15(10-12-21)22(2)20(24)17-14-23(18-7-4-3-6-16(17)18)28(25,26)19-8-5-13-27-19;3-2(4,5)1(6)7/h3-8,13,15,17H,9-12,14H2,1-2H3;(H,6,7). The Morgan fingerprint density at radius 1 is 1.11 bits per heavy atom. The van der Waals surface area contributed by atoms with Crippen LogP contribution in [0.4, 0.5) is 18.9 Å². The Morgan fingerprint density at radius 3 is 2.26 bits per heavy atom. The number of carbonyl (C=O) groups is 2. The SMILES string of the molecule is CN1CCC(N(C)C(=O)C2CN(S(=O)(=O)c3cccs3)c3ccccc32)CC1.O=C(O)C(F)(F)F. The third-order valence-corrected chi connectivity index (χ3v) is 9.25. The Balaban J connectivity index is 0.000000429. The van der Waals surface area contributed by atoms with E-state index in [1.807, 2.05) is 30.1 Å². The van der Waals surface area contributed by atoms with Crippen LogP contribution in [0.5, 0.6) is 0 Å². The summed E-state index contributed by atoms with van der Waals surface area (Å²) < 4.78 is 59.7. The third kappa shape index (κ3) is 5.96. The normalized spacial score (nSPS) is 19.0. The fraction of sp³-hybridized carbons (Fsp3) is 0.455. The molecular weight excluding hydrogens is 507 g/mol. The van der Waals surface area contributed by atoms with E-state index in [0.29, 0.717) is 9.90 Å². The zero-order valence-corrected chi connectivity index (χ0v) is 20.7. The van der Waals surface area contributed by atoms with E-state index >= 15 is 0 Å². The minimum Gasteiger partial charge on any atom is -0.475 e. The Hall–Kier alpha value is -2.64. The number of likely N-dealkylation sites (N-methyl/N-ethyl adjacent to an activating group) is 1. The second kappa shape index (κ2) is 10.5. The van der Waals surface area contributed by atoms with Gasteiger partial charge >= 0.3 is 12.1 Å². The van der Waals surface area contributed by atoms with Gasteiger partial charge < -0.3 is 14.9 Å². The van der Waals surface area contributed by atoms with Crippen molar-refractivity contribution in [3.8, 4) is 0 Å². The summed E-state index contributed by atoms with van der Waals surface area (Å²) in [5, 5.41) is 8.88. The number of likely N-dealkylation sites (tertiary alicyclic amines) is 1. The molecule has 2 aromatic rings. The maximum Gasteiger partial charge on any atom is 0.490 e. The first-order chi connectivity index (χ1) is 16.3. The van der Waals surface area contributed by atoms with Crippen LogP contribution in [0.2, 0.25) is 0 Å². The molecule has 0 radical (unpaired) electrons. The number of fused-ring (bicyclic) bond motifs is 1. The molecule has 1 saturated heterocycles. The number of halogens is 3. The molecule has 1 aromatic heterocycles. The number of anilines is 1. The summed E-state index contributed by atoms with van der Waals surface area (Å²) in [7, 11) is 0.296. The second-order valence-corrected chi connectivity index (χ2v) is 11.4. The summed E-state index contributed by atoms with van der Waals surface area (Å²) in [6.45, 7) is 2.11. The first-order valence-corrected chi connectivity index (χ1v) is 13.1. The van der Waals surface area contributed by atoms with Crippen molar-refractivity contribution in [1.29, 1.82) is 0 Å². The van der Waals surface area contributed by atoms with Crippen LogP contribution < -0.4 is 4.31 Å². The molecule has 4 rings (SSSR count). The smallest absolute Gasteiger partial charge is 0.475 e. The van der Waals surface area contributed by atoms with Crippen molar-refractivity contribution in [2.24, 2.45) is 0 Å².